The second-order valence-corrected chi connectivity index (χ2v) is 4.61. The number of anilines is 1. The molecule has 0 atom stereocenters. The Morgan fingerprint density at radius 3 is 2.76 bits per heavy atom. The Labute approximate surface area is 119 Å². The first-order valence-electron chi connectivity index (χ1n) is 6.38. The van der Waals surface area contributed by atoms with Crippen LogP contribution in [0.4, 0.5) is 5.69 Å². The second kappa shape index (κ2) is 5.16. The molecule has 106 valence electrons. The minimum Gasteiger partial charge on any atom is -0.462 e. The largest absolute Gasteiger partial charge is 0.462 e. The zero-order chi connectivity index (χ0) is 14.8. The number of hydrogen-bond acceptors (Lipinski definition) is 3. The van der Waals surface area contributed by atoms with Crippen LogP contribution < -0.4 is 11.0 Å². The summed E-state index contributed by atoms with van der Waals surface area (Å²) in [7, 11) is 0. The van der Waals surface area contributed by atoms with Gasteiger partial charge in [-0.05, 0) is 43.3 Å². The number of nitrogens with one attached hydrogen (secondary N) is 3. The van der Waals surface area contributed by atoms with Crippen molar-refractivity contribution in [2.75, 3.05) is 5.32 Å². The van der Waals surface area contributed by atoms with Crippen LogP contribution >= 0.6 is 0 Å². The highest BCUT2D eigenvalue weighted by Crippen LogP contribution is 2.14. The molecule has 1 aromatic carbocycles. The van der Waals surface area contributed by atoms with Gasteiger partial charge in [-0.15, -0.1) is 0 Å². The Hall–Kier alpha value is -3.02. The number of carbonyl (C=O) groups is 1. The number of aryl methyl sites for hydroxylation is 1. The minimum atomic E-state index is -0.277. The van der Waals surface area contributed by atoms with E-state index in [0.717, 1.165) is 5.76 Å². The Kier molecular flexibility index (Phi) is 3.19. The average Bonchev–Trinajstić information content (AvgIpc) is 3.01. The Balaban J connectivity index is 1.73. The number of H-pyrrole nitrogens is 2. The molecule has 0 spiro atoms. The fraction of sp³-hybridized carbons (Fsp3) is 0.0667. The van der Waals surface area contributed by atoms with Crippen molar-refractivity contribution >= 4 is 28.7 Å². The fourth-order valence-corrected chi connectivity index (χ4v) is 2.00. The van der Waals surface area contributed by atoms with Gasteiger partial charge in [-0.2, -0.15) is 0 Å². The highest BCUT2D eigenvalue weighted by molar-refractivity contribution is 6.02. The van der Waals surface area contributed by atoms with Gasteiger partial charge in [-0.1, -0.05) is 0 Å². The van der Waals surface area contributed by atoms with Gasteiger partial charge in [0.15, 0.2) is 0 Å². The van der Waals surface area contributed by atoms with Gasteiger partial charge < -0.3 is 19.7 Å². The summed E-state index contributed by atoms with van der Waals surface area (Å²) < 4.78 is 5.33. The molecule has 0 bridgehead atoms. The molecule has 0 aliphatic carbocycles. The van der Waals surface area contributed by atoms with E-state index in [1.807, 2.05) is 13.0 Å². The smallest absolute Gasteiger partial charge is 0.323 e. The van der Waals surface area contributed by atoms with Crippen molar-refractivity contribution in [2.45, 2.75) is 6.92 Å². The van der Waals surface area contributed by atoms with Gasteiger partial charge in [0, 0.05) is 11.8 Å². The van der Waals surface area contributed by atoms with Gasteiger partial charge in [0.05, 0.1) is 11.0 Å². The van der Waals surface area contributed by atoms with E-state index in [2.05, 4.69) is 15.3 Å². The molecule has 6 nitrogen and oxygen atoms in total. The molecule has 0 aliphatic heterocycles. The topological polar surface area (TPSA) is 90.9 Å². The van der Waals surface area contributed by atoms with E-state index < -0.39 is 0 Å². The van der Waals surface area contributed by atoms with E-state index in [9.17, 15) is 9.59 Å². The van der Waals surface area contributed by atoms with E-state index in [1.165, 1.54) is 6.08 Å². The van der Waals surface area contributed by atoms with Gasteiger partial charge in [-0.3, -0.25) is 4.79 Å². The first-order chi connectivity index (χ1) is 10.1. The predicted molar refractivity (Wildman–Crippen MR) is 80.0 cm³/mol. The third-order valence-corrected chi connectivity index (χ3v) is 2.94. The summed E-state index contributed by atoms with van der Waals surface area (Å²) >= 11 is 0. The number of benzene rings is 1. The van der Waals surface area contributed by atoms with Crippen molar-refractivity contribution in [1.29, 1.82) is 0 Å². The highest BCUT2D eigenvalue weighted by Gasteiger charge is 2.02. The molecule has 0 saturated carbocycles. The lowest BCUT2D eigenvalue weighted by Crippen LogP contribution is -2.07. The van der Waals surface area contributed by atoms with Gasteiger partial charge >= 0.3 is 5.69 Å². The zero-order valence-corrected chi connectivity index (χ0v) is 11.3. The van der Waals surface area contributed by atoms with Crippen LogP contribution in [0, 0.1) is 6.92 Å². The molecule has 0 fully saturated rings. The van der Waals surface area contributed by atoms with E-state index in [4.69, 9.17) is 4.42 Å². The number of aromatic nitrogens is 2. The molecule has 0 unspecified atom stereocenters. The lowest BCUT2D eigenvalue weighted by atomic mass is 10.2. The summed E-state index contributed by atoms with van der Waals surface area (Å²) in [5, 5.41) is 2.72. The van der Waals surface area contributed by atoms with Gasteiger partial charge in [0.25, 0.3) is 0 Å². The van der Waals surface area contributed by atoms with Crippen LogP contribution in [0.15, 0.2) is 45.6 Å². The quantitative estimate of drug-likeness (QED) is 0.645. The number of aromatic amines is 2. The van der Waals surface area contributed by atoms with Crippen LogP contribution in [0.25, 0.3) is 17.1 Å². The third-order valence-electron chi connectivity index (χ3n) is 2.94. The summed E-state index contributed by atoms with van der Waals surface area (Å²) in [6, 6.07) is 8.75. The Bertz CT molecular complexity index is 883. The van der Waals surface area contributed by atoms with Crippen LogP contribution in [-0.4, -0.2) is 15.9 Å². The molecule has 6 heteroatoms. The maximum atomic E-state index is 11.8. The normalized spacial score (nSPS) is 11.3. The maximum absolute atomic E-state index is 11.8. The monoisotopic (exact) mass is 283 g/mol. The number of imidazole rings is 1. The van der Waals surface area contributed by atoms with Crippen LogP contribution in [0.1, 0.15) is 11.5 Å². The molecule has 0 saturated heterocycles. The van der Waals surface area contributed by atoms with Crippen molar-refractivity contribution in [3.05, 3.63) is 58.4 Å². The van der Waals surface area contributed by atoms with Crippen molar-refractivity contribution < 1.29 is 9.21 Å². The lowest BCUT2D eigenvalue weighted by molar-refractivity contribution is -0.111. The lowest BCUT2D eigenvalue weighted by Gasteiger charge is -2.01. The number of amides is 1. The van der Waals surface area contributed by atoms with E-state index in [-0.39, 0.29) is 11.6 Å². The summed E-state index contributed by atoms with van der Waals surface area (Å²) in [6.07, 6.45) is 2.99. The van der Waals surface area contributed by atoms with Crippen molar-refractivity contribution in [1.82, 2.24) is 9.97 Å². The highest BCUT2D eigenvalue weighted by atomic mass is 16.3. The maximum Gasteiger partial charge on any atom is 0.323 e. The fourth-order valence-electron chi connectivity index (χ4n) is 2.00. The minimum absolute atomic E-state index is 0.276. The predicted octanol–water partition coefficient (Wildman–Crippen LogP) is 2.41. The van der Waals surface area contributed by atoms with E-state index >= 15 is 0 Å². The van der Waals surface area contributed by atoms with Crippen molar-refractivity contribution in [2.24, 2.45) is 0 Å². The molecule has 0 aliphatic rings. The molecule has 3 rings (SSSR count). The van der Waals surface area contributed by atoms with E-state index in [0.29, 0.717) is 22.5 Å². The van der Waals surface area contributed by atoms with Crippen molar-refractivity contribution in [3.8, 4) is 0 Å². The Morgan fingerprint density at radius 1 is 1.19 bits per heavy atom. The molecule has 1 amide bonds. The molecule has 3 aromatic rings. The van der Waals surface area contributed by atoms with Gasteiger partial charge in [0.2, 0.25) is 5.91 Å². The number of hydrogen-bond donors (Lipinski definition) is 3. The van der Waals surface area contributed by atoms with Crippen molar-refractivity contribution in [3.63, 3.8) is 0 Å². The number of fused-ring (bicyclic) bond motifs is 1. The molecule has 2 heterocycles. The first kappa shape index (κ1) is 13.0. The molecule has 3 N–H and O–H groups in total. The molecule has 21 heavy (non-hydrogen) atoms. The number of carbonyl (C=O) groups excluding carboxylic acids is 1. The molecular formula is C15H13N3O3. The standard InChI is InChI=1S/C15H13N3O3/c1-9-2-4-11(21-9)5-7-14(19)16-10-3-6-12-13(8-10)18-15(20)17-12/h2-8H,1H3,(H,16,19)(H2,17,18,20). The Morgan fingerprint density at radius 2 is 2.00 bits per heavy atom. The SMILES string of the molecule is Cc1ccc(C=CC(=O)Nc2ccc3[nH]c(=O)[nH]c3c2)o1. The van der Waals surface area contributed by atoms with Crippen LogP contribution in [0.5, 0.6) is 0 Å². The molecular weight excluding hydrogens is 270 g/mol. The van der Waals surface area contributed by atoms with Crippen LogP contribution in [-0.2, 0) is 4.79 Å². The molecule has 0 radical (unpaired) electrons. The average molecular weight is 283 g/mol. The summed E-state index contributed by atoms with van der Waals surface area (Å²) in [6.45, 7) is 1.84. The van der Waals surface area contributed by atoms with E-state index in [1.54, 1.807) is 30.3 Å². The zero-order valence-electron chi connectivity index (χ0n) is 11.3. The first-order valence-corrected chi connectivity index (χ1v) is 6.38. The summed E-state index contributed by atoms with van der Waals surface area (Å²) in [5.74, 6) is 1.13. The molecule has 2 aromatic heterocycles. The van der Waals surface area contributed by atoms with Gasteiger partial charge in [0.1, 0.15) is 11.5 Å². The number of rotatable bonds is 3. The number of furan rings is 1. The summed E-state index contributed by atoms with van der Waals surface area (Å²) in [5.41, 5.74) is 1.66. The van der Waals surface area contributed by atoms with Crippen LogP contribution in [0.2, 0.25) is 0 Å². The second-order valence-electron chi connectivity index (χ2n) is 4.61. The van der Waals surface area contributed by atoms with Gasteiger partial charge in [-0.25, -0.2) is 4.79 Å². The summed E-state index contributed by atoms with van der Waals surface area (Å²) in [4.78, 5) is 28.3. The third kappa shape index (κ3) is 2.94. The van der Waals surface area contributed by atoms with Crippen LogP contribution in [0.3, 0.4) is 0 Å².